The van der Waals surface area contributed by atoms with Gasteiger partial charge in [-0.3, -0.25) is 4.79 Å². The lowest BCUT2D eigenvalue weighted by atomic mass is 10.2. The van der Waals surface area contributed by atoms with Crippen LogP contribution in [0.5, 0.6) is 0 Å². The van der Waals surface area contributed by atoms with Crippen molar-refractivity contribution in [1.29, 1.82) is 0 Å². The van der Waals surface area contributed by atoms with Gasteiger partial charge in [-0.2, -0.15) is 0 Å². The van der Waals surface area contributed by atoms with Gasteiger partial charge in [-0.25, -0.2) is 4.79 Å². The molecule has 3 atom stereocenters. The Morgan fingerprint density at radius 1 is 1.56 bits per heavy atom. The number of nitrogens with one attached hydrogen (secondary N) is 1. The molecule has 1 rings (SSSR count). The number of aliphatic carboxylic acids is 1. The number of rotatable bonds is 5. The lowest BCUT2D eigenvalue weighted by molar-refractivity contribution is -0.148. The van der Waals surface area contributed by atoms with Gasteiger partial charge >= 0.3 is 5.97 Å². The van der Waals surface area contributed by atoms with Crippen LogP contribution in [0, 0.1) is 0 Å². The Hall–Kier alpha value is -1.14. The molecule has 0 aromatic heterocycles. The number of ether oxygens (including phenoxy) is 2. The summed E-state index contributed by atoms with van der Waals surface area (Å²) in [5.41, 5.74) is 0. The third-order valence-electron chi connectivity index (χ3n) is 2.55. The maximum absolute atomic E-state index is 11.5. The molecule has 0 spiro atoms. The number of methoxy groups -OCH3 is 1. The number of hydrogen-bond acceptors (Lipinski definition) is 4. The highest BCUT2D eigenvalue weighted by Gasteiger charge is 2.28. The SMILES string of the molecule is COC(CNC(=O)C1CCC(C)O1)C(=O)O. The average Bonchev–Trinajstić information content (AvgIpc) is 2.65. The second-order valence-electron chi connectivity index (χ2n) is 3.82. The molecule has 0 radical (unpaired) electrons. The van der Waals surface area contributed by atoms with E-state index in [-0.39, 0.29) is 18.6 Å². The van der Waals surface area contributed by atoms with E-state index in [1.165, 1.54) is 7.11 Å². The van der Waals surface area contributed by atoms with E-state index >= 15 is 0 Å². The number of amides is 1. The summed E-state index contributed by atoms with van der Waals surface area (Å²) in [6.07, 6.45) is 0.153. The van der Waals surface area contributed by atoms with Crippen LogP contribution in [0.2, 0.25) is 0 Å². The molecule has 1 aliphatic heterocycles. The van der Waals surface area contributed by atoms with Crippen molar-refractivity contribution in [1.82, 2.24) is 5.32 Å². The highest BCUT2D eigenvalue weighted by Crippen LogP contribution is 2.18. The van der Waals surface area contributed by atoms with Crippen molar-refractivity contribution < 1.29 is 24.2 Å². The van der Waals surface area contributed by atoms with Crippen LogP contribution in [0.3, 0.4) is 0 Å². The maximum atomic E-state index is 11.5. The molecule has 0 bridgehead atoms. The number of carboxylic acid groups (broad SMARTS) is 1. The molecule has 1 aliphatic rings. The van der Waals surface area contributed by atoms with Crippen molar-refractivity contribution in [3.63, 3.8) is 0 Å². The lowest BCUT2D eigenvalue weighted by Crippen LogP contribution is -2.42. The first-order valence-corrected chi connectivity index (χ1v) is 5.23. The van der Waals surface area contributed by atoms with Crippen LogP contribution >= 0.6 is 0 Å². The van der Waals surface area contributed by atoms with E-state index < -0.39 is 18.2 Å². The molecule has 0 aromatic rings. The summed E-state index contributed by atoms with van der Waals surface area (Å²) in [5, 5.41) is 11.2. The molecule has 0 aliphatic carbocycles. The number of carbonyl (C=O) groups is 2. The fraction of sp³-hybridized carbons (Fsp3) is 0.800. The molecule has 3 unspecified atom stereocenters. The van der Waals surface area contributed by atoms with Gasteiger partial charge < -0.3 is 19.9 Å². The molecule has 0 saturated carbocycles. The van der Waals surface area contributed by atoms with Gasteiger partial charge in [-0.15, -0.1) is 0 Å². The fourth-order valence-corrected chi connectivity index (χ4v) is 1.57. The quantitative estimate of drug-likeness (QED) is 0.682. The minimum Gasteiger partial charge on any atom is -0.479 e. The second kappa shape index (κ2) is 5.81. The summed E-state index contributed by atoms with van der Waals surface area (Å²) < 4.78 is 10.0. The molecule has 1 fully saturated rings. The van der Waals surface area contributed by atoms with Crippen LogP contribution < -0.4 is 5.32 Å². The van der Waals surface area contributed by atoms with Gasteiger partial charge in [0.15, 0.2) is 6.10 Å². The molecule has 16 heavy (non-hydrogen) atoms. The fourth-order valence-electron chi connectivity index (χ4n) is 1.57. The predicted molar refractivity (Wildman–Crippen MR) is 55.0 cm³/mol. The molecule has 2 N–H and O–H groups in total. The smallest absolute Gasteiger partial charge is 0.334 e. The van der Waals surface area contributed by atoms with Crippen molar-refractivity contribution in [3.05, 3.63) is 0 Å². The lowest BCUT2D eigenvalue weighted by Gasteiger charge is -2.14. The summed E-state index contributed by atoms with van der Waals surface area (Å²) in [4.78, 5) is 22.2. The van der Waals surface area contributed by atoms with Crippen molar-refractivity contribution >= 4 is 11.9 Å². The van der Waals surface area contributed by atoms with Gasteiger partial charge in [0.1, 0.15) is 6.10 Å². The Kier molecular flexibility index (Phi) is 4.70. The van der Waals surface area contributed by atoms with E-state index in [0.29, 0.717) is 6.42 Å². The first-order valence-electron chi connectivity index (χ1n) is 5.23. The standard InChI is InChI=1S/C10H17NO5/c1-6-3-4-7(16-6)9(12)11-5-8(15-2)10(13)14/h6-8H,3-5H2,1-2H3,(H,11,12)(H,13,14). The minimum absolute atomic E-state index is 0.0428. The van der Waals surface area contributed by atoms with E-state index in [4.69, 9.17) is 14.6 Å². The topological polar surface area (TPSA) is 84.9 Å². The van der Waals surface area contributed by atoms with Crippen LogP contribution in [0.1, 0.15) is 19.8 Å². The molecule has 1 amide bonds. The summed E-state index contributed by atoms with van der Waals surface area (Å²) >= 11 is 0. The normalized spacial score (nSPS) is 26.4. The molecular formula is C10H17NO5. The largest absolute Gasteiger partial charge is 0.479 e. The monoisotopic (exact) mass is 231 g/mol. The van der Waals surface area contributed by atoms with E-state index in [9.17, 15) is 9.59 Å². The van der Waals surface area contributed by atoms with Gasteiger partial charge in [-0.05, 0) is 19.8 Å². The summed E-state index contributed by atoms with van der Waals surface area (Å²) in [7, 11) is 1.29. The zero-order valence-corrected chi connectivity index (χ0v) is 9.43. The molecule has 1 heterocycles. The van der Waals surface area contributed by atoms with Gasteiger partial charge in [0.05, 0.1) is 12.6 Å². The van der Waals surface area contributed by atoms with E-state index in [1.54, 1.807) is 0 Å². The molecule has 0 aromatic carbocycles. The first-order chi connectivity index (χ1) is 7.54. The van der Waals surface area contributed by atoms with E-state index in [2.05, 4.69) is 5.32 Å². The van der Waals surface area contributed by atoms with Crippen LogP contribution in [-0.2, 0) is 19.1 Å². The Bertz CT molecular complexity index is 268. The van der Waals surface area contributed by atoms with Crippen LogP contribution in [-0.4, -0.2) is 48.9 Å². The van der Waals surface area contributed by atoms with Crippen molar-refractivity contribution in [2.75, 3.05) is 13.7 Å². The Morgan fingerprint density at radius 3 is 2.69 bits per heavy atom. The highest BCUT2D eigenvalue weighted by molar-refractivity contribution is 5.82. The number of carbonyl (C=O) groups excluding carboxylic acids is 1. The van der Waals surface area contributed by atoms with Crippen molar-refractivity contribution in [3.8, 4) is 0 Å². The van der Waals surface area contributed by atoms with Crippen LogP contribution in [0.4, 0.5) is 0 Å². The second-order valence-corrected chi connectivity index (χ2v) is 3.82. The van der Waals surface area contributed by atoms with Crippen molar-refractivity contribution in [2.24, 2.45) is 0 Å². The van der Waals surface area contributed by atoms with Gasteiger partial charge in [-0.1, -0.05) is 0 Å². The Morgan fingerprint density at radius 2 is 2.25 bits per heavy atom. The molecule has 6 nitrogen and oxygen atoms in total. The summed E-state index contributed by atoms with van der Waals surface area (Å²) in [5.74, 6) is -1.36. The minimum atomic E-state index is -1.09. The molecule has 92 valence electrons. The first kappa shape index (κ1) is 12.9. The predicted octanol–water partition coefficient (Wildman–Crippen LogP) is -0.230. The summed E-state index contributed by atoms with van der Waals surface area (Å²) in [6.45, 7) is 1.86. The zero-order chi connectivity index (χ0) is 12.1. The average molecular weight is 231 g/mol. The van der Waals surface area contributed by atoms with Crippen molar-refractivity contribution in [2.45, 2.75) is 38.1 Å². The zero-order valence-electron chi connectivity index (χ0n) is 9.43. The highest BCUT2D eigenvalue weighted by atomic mass is 16.5. The van der Waals surface area contributed by atoms with Crippen LogP contribution in [0.25, 0.3) is 0 Å². The van der Waals surface area contributed by atoms with Gasteiger partial charge in [0.2, 0.25) is 5.91 Å². The molecular weight excluding hydrogens is 214 g/mol. The van der Waals surface area contributed by atoms with E-state index in [1.807, 2.05) is 6.92 Å². The van der Waals surface area contributed by atoms with Crippen LogP contribution in [0.15, 0.2) is 0 Å². The Labute approximate surface area is 93.9 Å². The van der Waals surface area contributed by atoms with Gasteiger partial charge in [0, 0.05) is 7.11 Å². The Balaban J connectivity index is 2.32. The third kappa shape index (κ3) is 3.46. The third-order valence-corrected chi connectivity index (χ3v) is 2.55. The van der Waals surface area contributed by atoms with E-state index in [0.717, 1.165) is 6.42 Å². The number of carboxylic acids is 1. The number of hydrogen-bond donors (Lipinski definition) is 2. The molecule has 6 heteroatoms. The summed E-state index contributed by atoms with van der Waals surface area (Å²) in [6, 6.07) is 0. The molecule has 1 saturated heterocycles. The maximum Gasteiger partial charge on any atom is 0.334 e. The van der Waals surface area contributed by atoms with Gasteiger partial charge in [0.25, 0.3) is 0 Å².